The summed E-state index contributed by atoms with van der Waals surface area (Å²) in [4.78, 5) is 55.8. The lowest BCUT2D eigenvalue weighted by atomic mass is 10.0. The second-order valence-electron chi connectivity index (χ2n) is 7.39. The van der Waals surface area contributed by atoms with E-state index in [2.05, 4.69) is 10.3 Å². The maximum Gasteiger partial charge on any atom is 0.352 e. The number of nitrogens with two attached hydrogens (primary N) is 1. The Hall–Kier alpha value is -2.67. The zero-order valence-electron chi connectivity index (χ0n) is 17.4. The predicted molar refractivity (Wildman–Crippen MR) is 127 cm³/mol. The van der Waals surface area contributed by atoms with E-state index >= 15 is 0 Å². The molecule has 172 valence electrons. The van der Waals surface area contributed by atoms with Gasteiger partial charge in [-0.1, -0.05) is 42.1 Å². The highest BCUT2D eigenvalue weighted by molar-refractivity contribution is 8.14. The molecule has 3 atom stereocenters. The van der Waals surface area contributed by atoms with E-state index in [1.807, 2.05) is 6.92 Å². The molecule has 4 rings (SSSR count). The van der Waals surface area contributed by atoms with Gasteiger partial charge in [0.1, 0.15) is 23.2 Å². The Kier molecular flexibility index (Phi) is 6.88. The number of hydrogen-bond acceptors (Lipinski definition) is 9. The SMILES string of the molecule is Cc1cnc(C(=O)SCC2=C(C(=O)O)N3C(=O)C(NC(=O)C(N)c4ccccc4)[C@@H]3SC2)s1. The number of rotatable bonds is 7. The highest BCUT2D eigenvalue weighted by Crippen LogP contribution is 2.41. The number of β-lactam (4-membered cyclic amide) rings is 1. The van der Waals surface area contributed by atoms with Crippen LogP contribution in [0.1, 0.15) is 26.3 Å². The fourth-order valence-electron chi connectivity index (χ4n) is 3.51. The number of aryl methyl sites for hydroxylation is 1. The lowest BCUT2D eigenvalue weighted by molar-refractivity contribution is -0.150. The smallest absolute Gasteiger partial charge is 0.352 e. The van der Waals surface area contributed by atoms with Crippen molar-refractivity contribution in [3.8, 4) is 0 Å². The summed E-state index contributed by atoms with van der Waals surface area (Å²) in [6, 6.07) is 6.97. The number of carboxylic acid groups (broad SMARTS) is 1. The Morgan fingerprint density at radius 1 is 1.33 bits per heavy atom. The number of hydrogen-bond donors (Lipinski definition) is 3. The minimum atomic E-state index is -1.24. The molecule has 33 heavy (non-hydrogen) atoms. The fraction of sp³-hybridized carbons (Fsp3) is 0.286. The summed E-state index contributed by atoms with van der Waals surface area (Å²) >= 11 is 3.58. The van der Waals surface area contributed by atoms with Crippen molar-refractivity contribution < 1.29 is 24.3 Å². The average Bonchev–Trinajstić information content (AvgIpc) is 3.26. The quantitative estimate of drug-likeness (QED) is 0.481. The third kappa shape index (κ3) is 4.69. The summed E-state index contributed by atoms with van der Waals surface area (Å²) in [5.74, 6) is -1.80. The van der Waals surface area contributed by atoms with Crippen LogP contribution in [0.5, 0.6) is 0 Å². The summed E-state index contributed by atoms with van der Waals surface area (Å²) in [7, 11) is 0. The van der Waals surface area contributed by atoms with Crippen molar-refractivity contribution in [3.63, 3.8) is 0 Å². The number of carbonyl (C=O) groups excluding carboxylic acids is 3. The molecule has 1 aromatic carbocycles. The Labute approximate surface area is 201 Å². The van der Waals surface area contributed by atoms with E-state index in [9.17, 15) is 24.3 Å². The first-order valence-corrected chi connectivity index (χ1v) is 12.7. The van der Waals surface area contributed by atoms with Gasteiger partial charge in [0.2, 0.25) is 11.0 Å². The standard InChI is InChI=1S/C21H20N4O5S3/c1-10-7-23-17(33-10)21(30)32-9-12-8-31-19-14(18(27)25(19)15(12)20(28)29)24-16(26)13(22)11-5-3-2-4-6-11/h2-7,13-14,19H,8-9,22H2,1H3,(H,24,26)(H,28,29)/t13?,14?,19-/m0/s1. The van der Waals surface area contributed by atoms with Crippen LogP contribution in [0.4, 0.5) is 0 Å². The number of carbonyl (C=O) groups is 4. The number of nitrogens with one attached hydrogen (secondary N) is 1. The molecular formula is C21H20N4O5S3. The highest BCUT2D eigenvalue weighted by Gasteiger charge is 2.54. The minimum absolute atomic E-state index is 0.128. The number of amides is 2. The number of thiazole rings is 1. The zero-order chi connectivity index (χ0) is 23.7. The van der Waals surface area contributed by atoms with Crippen LogP contribution in [0, 0.1) is 6.92 Å². The van der Waals surface area contributed by atoms with Crippen LogP contribution >= 0.6 is 34.9 Å². The zero-order valence-corrected chi connectivity index (χ0v) is 19.8. The van der Waals surface area contributed by atoms with E-state index in [0.29, 0.717) is 21.9 Å². The number of fused-ring (bicyclic) bond motifs is 1. The molecule has 0 spiro atoms. The molecule has 3 heterocycles. The topological polar surface area (TPSA) is 143 Å². The van der Waals surface area contributed by atoms with Crippen molar-refractivity contribution in [1.29, 1.82) is 0 Å². The van der Waals surface area contributed by atoms with Gasteiger partial charge in [0.05, 0.1) is 0 Å². The van der Waals surface area contributed by atoms with Crippen molar-refractivity contribution >= 4 is 57.8 Å². The van der Waals surface area contributed by atoms with E-state index in [1.54, 1.807) is 36.5 Å². The molecule has 2 unspecified atom stereocenters. The van der Waals surface area contributed by atoms with Crippen LogP contribution in [-0.4, -0.2) is 60.8 Å². The van der Waals surface area contributed by atoms with E-state index in [-0.39, 0.29) is 16.6 Å². The molecule has 12 heteroatoms. The Morgan fingerprint density at radius 3 is 2.70 bits per heavy atom. The van der Waals surface area contributed by atoms with Gasteiger partial charge in [-0.3, -0.25) is 19.3 Å². The number of benzene rings is 1. The van der Waals surface area contributed by atoms with Crippen molar-refractivity contribution in [2.24, 2.45) is 5.73 Å². The second-order valence-corrected chi connectivity index (χ2v) is 10.7. The van der Waals surface area contributed by atoms with Crippen molar-refractivity contribution in [2.75, 3.05) is 11.5 Å². The average molecular weight is 505 g/mol. The lowest BCUT2D eigenvalue weighted by Crippen LogP contribution is -2.71. The predicted octanol–water partition coefficient (Wildman–Crippen LogP) is 1.76. The third-order valence-corrected chi connectivity index (χ3v) is 8.49. The Bertz CT molecular complexity index is 1150. The monoisotopic (exact) mass is 504 g/mol. The summed E-state index contributed by atoms with van der Waals surface area (Å²) < 4.78 is 0. The van der Waals surface area contributed by atoms with Crippen LogP contribution in [0.2, 0.25) is 0 Å². The molecule has 0 aliphatic carbocycles. The molecule has 1 aromatic heterocycles. The van der Waals surface area contributed by atoms with Crippen LogP contribution in [0.25, 0.3) is 0 Å². The van der Waals surface area contributed by atoms with Crippen molar-refractivity contribution in [1.82, 2.24) is 15.2 Å². The fourth-order valence-corrected chi connectivity index (χ4v) is 6.61. The van der Waals surface area contributed by atoms with Crippen molar-refractivity contribution in [2.45, 2.75) is 24.4 Å². The first kappa shape index (κ1) is 23.5. The van der Waals surface area contributed by atoms with Gasteiger partial charge in [-0.15, -0.1) is 23.1 Å². The van der Waals surface area contributed by atoms with Crippen LogP contribution in [0.3, 0.4) is 0 Å². The van der Waals surface area contributed by atoms with Crippen molar-refractivity contribution in [3.05, 3.63) is 63.2 Å². The lowest BCUT2D eigenvalue weighted by Gasteiger charge is -2.49. The maximum atomic E-state index is 12.8. The molecule has 9 nitrogen and oxygen atoms in total. The van der Waals surface area contributed by atoms with Gasteiger partial charge in [-0.2, -0.15) is 0 Å². The Balaban J connectivity index is 1.44. The molecule has 4 N–H and O–H groups in total. The third-order valence-electron chi connectivity index (χ3n) is 5.16. The molecule has 2 aliphatic heterocycles. The van der Waals surface area contributed by atoms with Gasteiger partial charge < -0.3 is 16.2 Å². The van der Waals surface area contributed by atoms with Gasteiger partial charge in [0.25, 0.3) is 5.91 Å². The highest BCUT2D eigenvalue weighted by atomic mass is 32.2. The molecule has 1 fully saturated rings. The molecule has 0 radical (unpaired) electrons. The number of thioether (sulfide) groups is 2. The minimum Gasteiger partial charge on any atom is -0.477 e. The number of aliphatic carboxylic acids is 1. The molecule has 2 aromatic rings. The molecule has 0 bridgehead atoms. The van der Waals surface area contributed by atoms with Gasteiger partial charge in [0, 0.05) is 22.6 Å². The number of carboxylic acids is 1. The number of aromatic nitrogens is 1. The van der Waals surface area contributed by atoms with Gasteiger partial charge >= 0.3 is 5.97 Å². The molecule has 2 aliphatic rings. The van der Waals surface area contributed by atoms with Crippen LogP contribution in [0.15, 0.2) is 47.8 Å². The summed E-state index contributed by atoms with van der Waals surface area (Å²) in [5, 5.41) is 12.0. The number of nitrogens with zero attached hydrogens (tertiary/aromatic N) is 2. The van der Waals surface area contributed by atoms with Crippen LogP contribution < -0.4 is 11.1 Å². The molecular weight excluding hydrogens is 484 g/mol. The van der Waals surface area contributed by atoms with E-state index < -0.39 is 35.2 Å². The normalized spacial score (nSPS) is 20.7. The summed E-state index contributed by atoms with van der Waals surface area (Å²) in [6.45, 7) is 1.85. The molecule has 2 amide bonds. The summed E-state index contributed by atoms with van der Waals surface area (Å²) in [6.07, 6.45) is 1.61. The summed E-state index contributed by atoms with van der Waals surface area (Å²) in [5.41, 5.74) is 6.97. The van der Waals surface area contributed by atoms with Gasteiger partial charge in [-0.05, 0) is 18.1 Å². The largest absolute Gasteiger partial charge is 0.477 e. The van der Waals surface area contributed by atoms with Gasteiger partial charge in [-0.25, -0.2) is 9.78 Å². The maximum absolute atomic E-state index is 12.8. The van der Waals surface area contributed by atoms with E-state index in [4.69, 9.17) is 5.73 Å². The first-order valence-electron chi connectivity index (χ1n) is 9.88. The van der Waals surface area contributed by atoms with Crippen LogP contribution in [-0.2, 0) is 14.4 Å². The van der Waals surface area contributed by atoms with Gasteiger partial charge in [0.15, 0.2) is 5.01 Å². The molecule has 0 saturated carbocycles. The van der Waals surface area contributed by atoms with E-state index in [1.165, 1.54) is 28.0 Å². The second kappa shape index (κ2) is 9.67. The molecule has 1 saturated heterocycles. The Morgan fingerprint density at radius 2 is 2.06 bits per heavy atom. The van der Waals surface area contributed by atoms with E-state index in [0.717, 1.165) is 16.6 Å². The first-order chi connectivity index (χ1) is 15.8.